The zero-order chi connectivity index (χ0) is 12.9. The third-order valence-corrected chi connectivity index (χ3v) is 2.73. The first-order chi connectivity index (χ1) is 7.99. The fraction of sp³-hybridized carbons (Fsp3) is 0.429. The molecule has 90 valence electrons. The molecule has 0 aliphatic carbocycles. The molecule has 0 fully saturated rings. The summed E-state index contributed by atoms with van der Waals surface area (Å²) in [5, 5.41) is 11.6. The zero-order valence-electron chi connectivity index (χ0n) is 10.6. The number of aryl methyl sites for hydroxylation is 1. The zero-order valence-corrected chi connectivity index (χ0v) is 10.6. The van der Waals surface area contributed by atoms with Gasteiger partial charge in [0.15, 0.2) is 0 Å². The van der Waals surface area contributed by atoms with Gasteiger partial charge in [0.05, 0.1) is 6.07 Å². The Hall–Kier alpha value is -1.82. The first-order valence-corrected chi connectivity index (χ1v) is 5.77. The van der Waals surface area contributed by atoms with Crippen molar-refractivity contribution in [3.05, 3.63) is 35.4 Å². The Morgan fingerprint density at radius 1 is 1.29 bits per heavy atom. The second kappa shape index (κ2) is 5.49. The minimum Gasteiger partial charge on any atom is -0.351 e. The summed E-state index contributed by atoms with van der Waals surface area (Å²) in [7, 11) is 0. The topological polar surface area (TPSA) is 52.9 Å². The van der Waals surface area contributed by atoms with Crippen molar-refractivity contribution in [2.24, 2.45) is 5.41 Å². The number of carbonyl (C=O) groups is 1. The maximum atomic E-state index is 11.7. The van der Waals surface area contributed by atoms with E-state index in [4.69, 9.17) is 5.26 Å². The number of amides is 1. The highest BCUT2D eigenvalue weighted by Gasteiger charge is 2.26. The van der Waals surface area contributed by atoms with Gasteiger partial charge in [-0.15, -0.1) is 0 Å². The number of carbonyl (C=O) groups excluding carboxylic acids is 1. The minimum absolute atomic E-state index is 0.237. The Labute approximate surface area is 102 Å². The van der Waals surface area contributed by atoms with Crippen LogP contribution in [0, 0.1) is 16.7 Å². The van der Waals surface area contributed by atoms with E-state index in [1.54, 1.807) is 13.8 Å². The Balaban J connectivity index is 2.57. The first kappa shape index (κ1) is 13.2. The summed E-state index contributed by atoms with van der Waals surface area (Å²) in [4.78, 5) is 11.7. The number of hydrogen-bond acceptors (Lipinski definition) is 2. The molecule has 1 aromatic rings. The molecule has 3 nitrogen and oxygen atoms in total. The SMILES string of the molecule is CCc1ccc(CNC(=O)C(C)(C)C#N)cc1. The van der Waals surface area contributed by atoms with Crippen LogP contribution in [0.15, 0.2) is 24.3 Å². The number of nitriles is 1. The lowest BCUT2D eigenvalue weighted by atomic mass is 9.94. The molecule has 0 aliphatic heterocycles. The van der Waals surface area contributed by atoms with Gasteiger partial charge in [-0.05, 0) is 31.4 Å². The normalized spacial score (nSPS) is 10.7. The molecule has 3 heteroatoms. The number of nitrogens with zero attached hydrogens (tertiary/aromatic N) is 1. The van der Waals surface area contributed by atoms with Crippen molar-refractivity contribution in [3.8, 4) is 6.07 Å². The van der Waals surface area contributed by atoms with Crippen molar-refractivity contribution in [3.63, 3.8) is 0 Å². The van der Waals surface area contributed by atoms with Crippen molar-refractivity contribution < 1.29 is 4.79 Å². The fourth-order valence-corrected chi connectivity index (χ4v) is 1.35. The monoisotopic (exact) mass is 230 g/mol. The van der Waals surface area contributed by atoms with Crippen LogP contribution in [0.3, 0.4) is 0 Å². The molecule has 1 rings (SSSR count). The van der Waals surface area contributed by atoms with Crippen LogP contribution >= 0.6 is 0 Å². The van der Waals surface area contributed by atoms with E-state index in [0.29, 0.717) is 6.54 Å². The van der Waals surface area contributed by atoms with Crippen LogP contribution in [0.5, 0.6) is 0 Å². The van der Waals surface area contributed by atoms with Crippen molar-refractivity contribution in [2.75, 3.05) is 0 Å². The molecule has 1 N–H and O–H groups in total. The molecule has 0 radical (unpaired) electrons. The molecule has 0 bridgehead atoms. The van der Waals surface area contributed by atoms with E-state index in [1.807, 2.05) is 18.2 Å². The average molecular weight is 230 g/mol. The number of benzene rings is 1. The van der Waals surface area contributed by atoms with E-state index in [0.717, 1.165) is 12.0 Å². The van der Waals surface area contributed by atoms with Crippen LogP contribution < -0.4 is 5.32 Å². The summed E-state index contributed by atoms with van der Waals surface area (Å²) < 4.78 is 0. The molecule has 0 spiro atoms. The third-order valence-electron chi connectivity index (χ3n) is 2.73. The lowest BCUT2D eigenvalue weighted by molar-refractivity contribution is -0.126. The molecule has 0 aliphatic rings. The van der Waals surface area contributed by atoms with Gasteiger partial charge >= 0.3 is 0 Å². The smallest absolute Gasteiger partial charge is 0.240 e. The number of rotatable bonds is 4. The van der Waals surface area contributed by atoms with Crippen LogP contribution in [0.25, 0.3) is 0 Å². The van der Waals surface area contributed by atoms with E-state index in [1.165, 1.54) is 5.56 Å². The first-order valence-electron chi connectivity index (χ1n) is 5.77. The number of nitrogens with one attached hydrogen (secondary N) is 1. The molecule has 0 saturated carbocycles. The molecule has 0 saturated heterocycles. The lowest BCUT2D eigenvalue weighted by Gasteiger charge is -2.15. The van der Waals surface area contributed by atoms with Crippen molar-refractivity contribution >= 4 is 5.91 Å². The highest BCUT2D eigenvalue weighted by atomic mass is 16.2. The Morgan fingerprint density at radius 2 is 1.82 bits per heavy atom. The summed E-state index contributed by atoms with van der Waals surface area (Å²) in [6, 6.07) is 10.1. The molecule has 17 heavy (non-hydrogen) atoms. The quantitative estimate of drug-likeness (QED) is 0.863. The summed E-state index contributed by atoms with van der Waals surface area (Å²) in [5.41, 5.74) is 1.35. The van der Waals surface area contributed by atoms with Crippen molar-refractivity contribution in [1.82, 2.24) is 5.32 Å². The van der Waals surface area contributed by atoms with Crippen LogP contribution in [0.4, 0.5) is 0 Å². The average Bonchev–Trinajstić information content (AvgIpc) is 2.36. The van der Waals surface area contributed by atoms with E-state index in [-0.39, 0.29) is 5.91 Å². The van der Waals surface area contributed by atoms with Gasteiger partial charge in [0, 0.05) is 6.54 Å². The second-order valence-electron chi connectivity index (χ2n) is 4.59. The Morgan fingerprint density at radius 3 is 2.29 bits per heavy atom. The van der Waals surface area contributed by atoms with Gasteiger partial charge in [-0.3, -0.25) is 4.79 Å². The third kappa shape index (κ3) is 3.60. The minimum atomic E-state index is -0.969. The predicted molar refractivity (Wildman–Crippen MR) is 67.1 cm³/mol. The van der Waals surface area contributed by atoms with E-state index in [2.05, 4.69) is 24.4 Å². The highest BCUT2D eigenvalue weighted by Crippen LogP contribution is 2.13. The van der Waals surface area contributed by atoms with Crippen LogP contribution in [0.1, 0.15) is 31.9 Å². The summed E-state index contributed by atoms with van der Waals surface area (Å²) in [6.07, 6.45) is 1.01. The second-order valence-corrected chi connectivity index (χ2v) is 4.59. The van der Waals surface area contributed by atoms with Gasteiger partial charge in [-0.1, -0.05) is 31.2 Å². The van der Waals surface area contributed by atoms with Crippen LogP contribution in [-0.4, -0.2) is 5.91 Å². The fourth-order valence-electron chi connectivity index (χ4n) is 1.35. The van der Waals surface area contributed by atoms with Gasteiger partial charge in [-0.25, -0.2) is 0 Å². The van der Waals surface area contributed by atoms with Gasteiger partial charge in [0.1, 0.15) is 5.41 Å². The summed E-state index contributed by atoms with van der Waals surface area (Å²) in [5.74, 6) is -0.237. The van der Waals surface area contributed by atoms with E-state index in [9.17, 15) is 4.79 Å². The Bertz CT molecular complexity index is 427. The molecular weight excluding hydrogens is 212 g/mol. The lowest BCUT2D eigenvalue weighted by Crippen LogP contribution is -2.35. The molecule has 0 aromatic heterocycles. The molecular formula is C14H18N2O. The molecule has 1 amide bonds. The van der Waals surface area contributed by atoms with Crippen molar-refractivity contribution in [2.45, 2.75) is 33.7 Å². The Kier molecular flexibility index (Phi) is 4.28. The molecule has 0 heterocycles. The maximum Gasteiger partial charge on any atom is 0.240 e. The van der Waals surface area contributed by atoms with Gasteiger partial charge < -0.3 is 5.32 Å². The molecule has 1 aromatic carbocycles. The largest absolute Gasteiger partial charge is 0.351 e. The van der Waals surface area contributed by atoms with E-state index < -0.39 is 5.41 Å². The highest BCUT2D eigenvalue weighted by molar-refractivity contribution is 5.84. The maximum absolute atomic E-state index is 11.7. The summed E-state index contributed by atoms with van der Waals surface area (Å²) in [6.45, 7) is 5.80. The number of hydrogen-bond donors (Lipinski definition) is 1. The van der Waals surface area contributed by atoms with Crippen LogP contribution in [0.2, 0.25) is 0 Å². The van der Waals surface area contributed by atoms with Crippen LogP contribution in [-0.2, 0) is 17.8 Å². The van der Waals surface area contributed by atoms with Crippen molar-refractivity contribution in [1.29, 1.82) is 5.26 Å². The van der Waals surface area contributed by atoms with Gasteiger partial charge in [0.25, 0.3) is 0 Å². The van der Waals surface area contributed by atoms with Gasteiger partial charge in [0.2, 0.25) is 5.91 Å². The predicted octanol–water partition coefficient (Wildman–Crippen LogP) is 2.41. The molecule has 0 unspecified atom stereocenters. The van der Waals surface area contributed by atoms with E-state index >= 15 is 0 Å². The standard InChI is InChI=1S/C14H18N2O/c1-4-11-5-7-12(8-6-11)9-16-13(17)14(2,3)10-15/h5-8H,4,9H2,1-3H3,(H,16,17). The van der Waals surface area contributed by atoms with Gasteiger partial charge in [-0.2, -0.15) is 5.26 Å². The summed E-state index contributed by atoms with van der Waals surface area (Å²) >= 11 is 0. The molecule has 0 atom stereocenters.